The van der Waals surface area contributed by atoms with Gasteiger partial charge in [-0.2, -0.15) is 0 Å². The van der Waals surface area contributed by atoms with Gasteiger partial charge >= 0.3 is 0 Å². The van der Waals surface area contributed by atoms with Gasteiger partial charge in [-0.3, -0.25) is 4.79 Å². The monoisotopic (exact) mass is 381 g/mol. The Hall–Kier alpha value is -1.92. The molecule has 4 nitrogen and oxygen atoms in total. The zero-order valence-electron chi connectivity index (χ0n) is 13.3. The molecule has 0 atom stereocenters. The van der Waals surface area contributed by atoms with Crippen LogP contribution in [0.25, 0.3) is 0 Å². The average molecular weight is 382 g/mol. The molecule has 2 aromatic carbocycles. The van der Waals surface area contributed by atoms with Crippen LogP contribution in [0.3, 0.4) is 0 Å². The predicted molar refractivity (Wildman–Crippen MR) is 94.9 cm³/mol. The molecule has 1 saturated carbocycles. The van der Waals surface area contributed by atoms with E-state index in [-0.39, 0.29) is 28.4 Å². The van der Waals surface area contributed by atoms with Crippen LogP contribution in [-0.4, -0.2) is 19.1 Å². The molecule has 132 valence electrons. The number of sulfone groups is 1. The Morgan fingerprint density at radius 3 is 2.36 bits per heavy atom. The summed E-state index contributed by atoms with van der Waals surface area (Å²) < 4.78 is 38.7. The SMILES string of the molecule is O=C(Nc1cc(Cl)ccc1F)C1(S(=O)(=O)c2ccccc2)CCCC1. The molecular weight excluding hydrogens is 365 g/mol. The number of anilines is 1. The van der Waals surface area contributed by atoms with Crippen LogP contribution in [0.4, 0.5) is 10.1 Å². The Morgan fingerprint density at radius 1 is 1.08 bits per heavy atom. The lowest BCUT2D eigenvalue weighted by molar-refractivity contribution is -0.118. The normalized spacial score (nSPS) is 16.6. The minimum Gasteiger partial charge on any atom is -0.322 e. The van der Waals surface area contributed by atoms with E-state index in [0.29, 0.717) is 12.8 Å². The number of nitrogens with one attached hydrogen (secondary N) is 1. The minimum absolute atomic E-state index is 0.0959. The molecule has 7 heteroatoms. The molecule has 25 heavy (non-hydrogen) atoms. The summed E-state index contributed by atoms with van der Waals surface area (Å²) >= 11 is 5.84. The lowest BCUT2D eigenvalue weighted by atomic mass is 10.1. The van der Waals surface area contributed by atoms with Crippen LogP contribution in [0.5, 0.6) is 0 Å². The van der Waals surface area contributed by atoms with Gasteiger partial charge in [-0.1, -0.05) is 42.6 Å². The Morgan fingerprint density at radius 2 is 1.72 bits per heavy atom. The topological polar surface area (TPSA) is 63.2 Å². The van der Waals surface area contributed by atoms with Gasteiger partial charge in [0.2, 0.25) is 5.91 Å². The van der Waals surface area contributed by atoms with E-state index < -0.39 is 26.3 Å². The number of rotatable bonds is 4. The van der Waals surface area contributed by atoms with Gasteiger partial charge in [0.25, 0.3) is 0 Å². The first-order chi connectivity index (χ1) is 11.9. The molecule has 1 aliphatic rings. The van der Waals surface area contributed by atoms with Crippen molar-refractivity contribution in [3.05, 3.63) is 59.4 Å². The van der Waals surface area contributed by atoms with E-state index in [0.717, 1.165) is 6.07 Å². The van der Waals surface area contributed by atoms with Crippen LogP contribution < -0.4 is 5.32 Å². The number of carbonyl (C=O) groups excluding carboxylic acids is 1. The highest BCUT2D eigenvalue weighted by Crippen LogP contribution is 2.41. The number of halogens is 2. The number of amides is 1. The van der Waals surface area contributed by atoms with Crippen molar-refractivity contribution < 1.29 is 17.6 Å². The van der Waals surface area contributed by atoms with Crippen LogP contribution in [0.2, 0.25) is 5.02 Å². The third-order valence-electron chi connectivity index (χ3n) is 4.57. The quantitative estimate of drug-likeness (QED) is 0.863. The molecule has 1 aliphatic carbocycles. The van der Waals surface area contributed by atoms with E-state index >= 15 is 0 Å². The zero-order chi connectivity index (χ0) is 18.1. The van der Waals surface area contributed by atoms with Gasteiger partial charge < -0.3 is 5.32 Å². The van der Waals surface area contributed by atoms with Gasteiger partial charge in [-0.25, -0.2) is 12.8 Å². The molecule has 0 aliphatic heterocycles. The number of hydrogen-bond acceptors (Lipinski definition) is 3. The minimum atomic E-state index is -3.91. The molecular formula is C18H17ClFNO3S. The third kappa shape index (κ3) is 3.16. The van der Waals surface area contributed by atoms with Crippen molar-refractivity contribution in [3.8, 4) is 0 Å². The fraction of sp³-hybridized carbons (Fsp3) is 0.278. The Balaban J connectivity index is 2.01. The highest BCUT2D eigenvalue weighted by atomic mass is 35.5. The maximum atomic E-state index is 13.9. The van der Waals surface area contributed by atoms with E-state index in [1.165, 1.54) is 24.3 Å². The van der Waals surface area contributed by atoms with Crippen molar-refractivity contribution in [1.82, 2.24) is 0 Å². The van der Waals surface area contributed by atoms with Crippen molar-refractivity contribution in [3.63, 3.8) is 0 Å². The summed E-state index contributed by atoms with van der Waals surface area (Å²) in [6.45, 7) is 0. The van der Waals surface area contributed by atoms with Crippen LogP contribution in [-0.2, 0) is 14.6 Å². The first-order valence-electron chi connectivity index (χ1n) is 7.93. The van der Waals surface area contributed by atoms with Gasteiger partial charge in [0, 0.05) is 5.02 Å². The zero-order valence-corrected chi connectivity index (χ0v) is 14.9. The maximum Gasteiger partial charge on any atom is 0.246 e. The molecule has 1 N–H and O–H groups in total. The third-order valence-corrected chi connectivity index (χ3v) is 7.32. The Labute approximate surface area is 150 Å². The maximum absolute atomic E-state index is 13.9. The summed E-state index contributed by atoms with van der Waals surface area (Å²) in [4.78, 5) is 13.0. The highest BCUT2D eigenvalue weighted by Gasteiger charge is 2.53. The summed E-state index contributed by atoms with van der Waals surface area (Å²) in [5.74, 6) is -1.38. The number of hydrogen-bond donors (Lipinski definition) is 1. The Kier molecular flexibility index (Phi) is 4.84. The van der Waals surface area contributed by atoms with Crippen molar-refractivity contribution in [2.75, 3.05) is 5.32 Å². The van der Waals surface area contributed by atoms with E-state index in [1.807, 2.05) is 0 Å². The molecule has 1 fully saturated rings. The summed E-state index contributed by atoms with van der Waals surface area (Å²) in [5, 5.41) is 2.68. The van der Waals surface area contributed by atoms with Gasteiger partial charge in [0.05, 0.1) is 10.6 Å². The van der Waals surface area contributed by atoms with E-state index in [2.05, 4.69) is 5.32 Å². The van der Waals surface area contributed by atoms with Crippen LogP contribution >= 0.6 is 11.6 Å². The fourth-order valence-corrected chi connectivity index (χ4v) is 5.48. The van der Waals surface area contributed by atoms with Gasteiger partial charge in [-0.15, -0.1) is 0 Å². The molecule has 0 heterocycles. The van der Waals surface area contributed by atoms with Crippen molar-refractivity contribution in [2.45, 2.75) is 35.3 Å². The number of carbonyl (C=O) groups is 1. The molecule has 0 spiro atoms. The van der Waals surface area contributed by atoms with Crippen molar-refractivity contribution >= 4 is 33.0 Å². The lowest BCUT2D eigenvalue weighted by Gasteiger charge is -2.27. The fourth-order valence-electron chi connectivity index (χ4n) is 3.22. The van der Waals surface area contributed by atoms with E-state index in [1.54, 1.807) is 18.2 Å². The first kappa shape index (κ1) is 17.9. The summed E-state index contributed by atoms with van der Waals surface area (Å²) in [6, 6.07) is 11.7. The standard InChI is InChI=1S/C18H17ClFNO3S/c19-13-8-9-15(20)16(12-13)21-17(22)18(10-4-5-11-18)25(23,24)14-6-2-1-3-7-14/h1-3,6-9,12H,4-5,10-11H2,(H,21,22). The Bertz CT molecular complexity index is 894. The van der Waals surface area contributed by atoms with Crippen LogP contribution in [0.1, 0.15) is 25.7 Å². The average Bonchev–Trinajstić information content (AvgIpc) is 3.10. The molecule has 2 aromatic rings. The summed E-state index contributed by atoms with van der Waals surface area (Å²) in [7, 11) is -3.91. The second-order valence-electron chi connectivity index (χ2n) is 6.10. The number of benzene rings is 2. The van der Waals surface area contributed by atoms with Gasteiger partial charge in [-0.05, 0) is 43.2 Å². The molecule has 0 unspecified atom stereocenters. The predicted octanol–water partition coefficient (Wildman–Crippen LogP) is 4.20. The van der Waals surface area contributed by atoms with Gasteiger partial charge in [0.1, 0.15) is 5.82 Å². The van der Waals surface area contributed by atoms with Crippen molar-refractivity contribution in [2.24, 2.45) is 0 Å². The molecule has 0 bridgehead atoms. The molecule has 3 rings (SSSR count). The van der Waals surface area contributed by atoms with Gasteiger partial charge in [0.15, 0.2) is 14.6 Å². The highest BCUT2D eigenvalue weighted by molar-refractivity contribution is 7.93. The second kappa shape index (κ2) is 6.77. The largest absolute Gasteiger partial charge is 0.322 e. The van der Waals surface area contributed by atoms with E-state index in [4.69, 9.17) is 11.6 Å². The first-order valence-corrected chi connectivity index (χ1v) is 9.79. The molecule has 0 radical (unpaired) electrons. The van der Waals surface area contributed by atoms with Crippen molar-refractivity contribution in [1.29, 1.82) is 0 Å². The second-order valence-corrected chi connectivity index (χ2v) is 8.79. The van der Waals surface area contributed by atoms with Crippen LogP contribution in [0, 0.1) is 5.82 Å². The van der Waals surface area contributed by atoms with Crippen LogP contribution in [0.15, 0.2) is 53.4 Å². The lowest BCUT2D eigenvalue weighted by Crippen LogP contribution is -2.47. The van der Waals surface area contributed by atoms with E-state index in [9.17, 15) is 17.6 Å². The molecule has 0 saturated heterocycles. The smallest absolute Gasteiger partial charge is 0.246 e. The molecule has 0 aromatic heterocycles. The summed E-state index contributed by atoms with van der Waals surface area (Å²) in [6.07, 6.45) is 1.66. The summed E-state index contributed by atoms with van der Waals surface area (Å²) in [5.41, 5.74) is -0.118. The molecule has 1 amide bonds.